The van der Waals surface area contributed by atoms with Crippen LogP contribution in [0.4, 0.5) is 0 Å². The summed E-state index contributed by atoms with van der Waals surface area (Å²) in [5.41, 5.74) is -0.225. The van der Waals surface area contributed by atoms with Crippen LogP contribution in [0.5, 0.6) is 0 Å². The molecule has 0 fully saturated rings. The molecule has 23 heavy (non-hydrogen) atoms. The Kier molecular flexibility index (Phi) is 5.15. The quantitative estimate of drug-likeness (QED) is 0.726. The van der Waals surface area contributed by atoms with Gasteiger partial charge in [-0.1, -0.05) is 0 Å². The Hall–Kier alpha value is -2.22. The van der Waals surface area contributed by atoms with Crippen molar-refractivity contribution in [2.24, 2.45) is 7.05 Å². The molecule has 2 aromatic rings. The minimum absolute atomic E-state index is 0.0933. The highest BCUT2D eigenvalue weighted by molar-refractivity contribution is 5.75. The lowest BCUT2D eigenvalue weighted by Gasteiger charge is -2.10. The summed E-state index contributed by atoms with van der Waals surface area (Å²) in [5.74, 6) is 0.0933. The lowest BCUT2D eigenvalue weighted by Crippen LogP contribution is -2.39. The zero-order valence-corrected chi connectivity index (χ0v) is 13.7. The van der Waals surface area contributed by atoms with E-state index >= 15 is 0 Å². The van der Waals surface area contributed by atoms with E-state index in [4.69, 9.17) is 0 Å². The van der Waals surface area contributed by atoms with E-state index in [0.717, 1.165) is 0 Å². The van der Waals surface area contributed by atoms with Crippen LogP contribution in [-0.4, -0.2) is 35.7 Å². The number of ketones is 1. The Morgan fingerprint density at radius 2 is 2.04 bits per heavy atom. The van der Waals surface area contributed by atoms with Crippen molar-refractivity contribution in [3.63, 3.8) is 0 Å². The van der Waals surface area contributed by atoms with Crippen molar-refractivity contribution in [1.29, 1.82) is 0 Å². The van der Waals surface area contributed by atoms with Gasteiger partial charge < -0.3 is 14.5 Å². The first-order valence-corrected chi connectivity index (χ1v) is 7.65. The summed E-state index contributed by atoms with van der Waals surface area (Å²) in [5, 5.41) is 9.54. The zero-order chi connectivity index (χ0) is 17.1. The highest BCUT2D eigenvalue weighted by atomic mass is 16.3. The Morgan fingerprint density at radius 3 is 2.65 bits per heavy atom. The van der Waals surface area contributed by atoms with E-state index in [0.29, 0.717) is 30.4 Å². The Balaban J connectivity index is 2.42. The minimum Gasteiger partial charge on any atom is -0.392 e. The number of Topliss-reactive ketones (excluding diaryl/α,β-unsaturated/α-hetero) is 1. The predicted octanol–water partition coefficient (Wildman–Crippen LogP) is 0.0368. The Bertz CT molecular complexity index is 828. The third-order valence-electron chi connectivity index (χ3n) is 3.72. The number of aliphatic hydroxyl groups excluding tert-OH is 1. The number of carbonyl (C=O) groups is 1. The third-order valence-corrected chi connectivity index (χ3v) is 3.72. The van der Waals surface area contributed by atoms with Crippen molar-refractivity contribution >= 4 is 16.9 Å². The van der Waals surface area contributed by atoms with Crippen LogP contribution in [0, 0.1) is 0 Å². The molecule has 0 aliphatic heterocycles. The van der Waals surface area contributed by atoms with Gasteiger partial charge in [0.1, 0.15) is 5.78 Å². The van der Waals surface area contributed by atoms with E-state index in [1.807, 2.05) is 0 Å². The number of carbonyl (C=O) groups excluding carboxylic acids is 1. The number of aliphatic hydroxyl groups is 1. The average molecular weight is 322 g/mol. The SMILES string of the molecule is CC(=O)CCCCn1c(=O)c2c(ncn2CC(C)O)n(C)c1=O. The first-order valence-electron chi connectivity index (χ1n) is 7.65. The van der Waals surface area contributed by atoms with Crippen LogP contribution in [0.25, 0.3) is 11.2 Å². The number of fused-ring (bicyclic) bond motifs is 1. The number of hydrogen-bond donors (Lipinski definition) is 1. The summed E-state index contributed by atoms with van der Waals surface area (Å²) < 4.78 is 4.07. The number of hydrogen-bond acceptors (Lipinski definition) is 5. The fraction of sp³-hybridized carbons (Fsp3) is 0.600. The van der Waals surface area contributed by atoms with Crippen LogP contribution in [0.1, 0.15) is 33.1 Å². The molecule has 8 nitrogen and oxygen atoms in total. The number of aromatic nitrogens is 4. The van der Waals surface area contributed by atoms with Crippen molar-refractivity contribution < 1.29 is 9.90 Å². The van der Waals surface area contributed by atoms with Crippen LogP contribution in [-0.2, 0) is 24.9 Å². The molecule has 0 saturated heterocycles. The van der Waals surface area contributed by atoms with Gasteiger partial charge in [0.25, 0.3) is 5.56 Å². The van der Waals surface area contributed by atoms with Crippen LogP contribution >= 0.6 is 0 Å². The van der Waals surface area contributed by atoms with Gasteiger partial charge in [0.2, 0.25) is 0 Å². The summed E-state index contributed by atoms with van der Waals surface area (Å²) in [6.07, 6.45) is 2.48. The summed E-state index contributed by atoms with van der Waals surface area (Å²) in [6, 6.07) is 0. The van der Waals surface area contributed by atoms with E-state index in [1.54, 1.807) is 18.5 Å². The predicted molar refractivity (Wildman–Crippen MR) is 85.4 cm³/mol. The van der Waals surface area contributed by atoms with Crippen LogP contribution in [0.15, 0.2) is 15.9 Å². The van der Waals surface area contributed by atoms with E-state index in [1.165, 1.54) is 22.4 Å². The van der Waals surface area contributed by atoms with Gasteiger partial charge in [-0.15, -0.1) is 0 Å². The van der Waals surface area contributed by atoms with E-state index < -0.39 is 17.4 Å². The van der Waals surface area contributed by atoms with Gasteiger partial charge in [0, 0.05) is 20.0 Å². The van der Waals surface area contributed by atoms with Gasteiger partial charge in [-0.05, 0) is 26.7 Å². The lowest BCUT2D eigenvalue weighted by atomic mass is 10.2. The van der Waals surface area contributed by atoms with Crippen LogP contribution < -0.4 is 11.2 Å². The van der Waals surface area contributed by atoms with Gasteiger partial charge in [-0.2, -0.15) is 0 Å². The Morgan fingerprint density at radius 1 is 1.35 bits per heavy atom. The van der Waals surface area contributed by atoms with Crippen LogP contribution in [0.2, 0.25) is 0 Å². The topological polar surface area (TPSA) is 99.1 Å². The van der Waals surface area contributed by atoms with Crippen molar-refractivity contribution in [2.45, 2.75) is 52.3 Å². The standard InChI is InChI=1S/C15H22N4O4/c1-10(20)6-4-5-7-19-14(22)12-13(17(3)15(19)23)16-9-18(12)8-11(2)21/h9,11,21H,4-8H2,1-3H3. The molecule has 1 unspecified atom stereocenters. The fourth-order valence-electron chi connectivity index (χ4n) is 2.59. The van der Waals surface area contributed by atoms with E-state index in [2.05, 4.69) is 4.98 Å². The second-order valence-corrected chi connectivity index (χ2v) is 5.88. The van der Waals surface area contributed by atoms with Crippen molar-refractivity contribution in [1.82, 2.24) is 18.7 Å². The number of nitrogens with zero attached hydrogens (tertiary/aromatic N) is 4. The molecule has 0 aromatic carbocycles. The Labute approximate surface area is 133 Å². The maximum Gasteiger partial charge on any atom is 0.332 e. The van der Waals surface area contributed by atoms with Gasteiger partial charge in [-0.3, -0.25) is 13.9 Å². The molecule has 1 atom stereocenters. The van der Waals surface area contributed by atoms with Crippen molar-refractivity contribution in [2.75, 3.05) is 0 Å². The second kappa shape index (κ2) is 6.91. The molecule has 0 aliphatic rings. The monoisotopic (exact) mass is 322 g/mol. The highest BCUT2D eigenvalue weighted by Crippen LogP contribution is 2.07. The fourth-order valence-corrected chi connectivity index (χ4v) is 2.59. The molecule has 0 bridgehead atoms. The molecule has 0 aliphatic carbocycles. The molecular formula is C15H22N4O4. The molecule has 2 rings (SSSR count). The van der Waals surface area contributed by atoms with E-state index in [9.17, 15) is 19.5 Å². The molecule has 0 saturated carbocycles. The minimum atomic E-state index is -0.631. The number of aryl methyl sites for hydroxylation is 1. The molecule has 0 amide bonds. The number of rotatable bonds is 7. The third kappa shape index (κ3) is 3.58. The van der Waals surface area contributed by atoms with Gasteiger partial charge in [-0.25, -0.2) is 9.78 Å². The molecule has 2 aromatic heterocycles. The second-order valence-electron chi connectivity index (χ2n) is 5.88. The summed E-state index contributed by atoms with van der Waals surface area (Å²) in [7, 11) is 1.57. The molecule has 1 N–H and O–H groups in total. The van der Waals surface area contributed by atoms with E-state index in [-0.39, 0.29) is 18.9 Å². The van der Waals surface area contributed by atoms with Crippen molar-refractivity contribution in [3.8, 4) is 0 Å². The number of imidazole rings is 1. The smallest absolute Gasteiger partial charge is 0.332 e. The summed E-state index contributed by atoms with van der Waals surface area (Å²) in [4.78, 5) is 40.0. The maximum atomic E-state index is 12.6. The highest BCUT2D eigenvalue weighted by Gasteiger charge is 2.16. The normalized spacial score (nSPS) is 12.7. The lowest BCUT2D eigenvalue weighted by molar-refractivity contribution is -0.117. The van der Waals surface area contributed by atoms with Crippen molar-refractivity contribution in [3.05, 3.63) is 27.2 Å². The van der Waals surface area contributed by atoms with Gasteiger partial charge in [0.15, 0.2) is 11.2 Å². The number of unbranched alkanes of at least 4 members (excludes halogenated alkanes) is 1. The molecule has 2 heterocycles. The molecular weight excluding hydrogens is 300 g/mol. The molecule has 0 spiro atoms. The molecule has 0 radical (unpaired) electrons. The average Bonchev–Trinajstić information content (AvgIpc) is 2.87. The first kappa shape index (κ1) is 17.1. The molecule has 126 valence electrons. The van der Waals surface area contributed by atoms with Gasteiger partial charge >= 0.3 is 5.69 Å². The van der Waals surface area contributed by atoms with Gasteiger partial charge in [0.05, 0.1) is 19.0 Å². The largest absolute Gasteiger partial charge is 0.392 e. The maximum absolute atomic E-state index is 12.6. The summed E-state index contributed by atoms with van der Waals surface area (Å²) in [6.45, 7) is 3.63. The molecule has 8 heteroatoms. The zero-order valence-electron chi connectivity index (χ0n) is 13.7. The van der Waals surface area contributed by atoms with Crippen LogP contribution in [0.3, 0.4) is 0 Å². The first-order chi connectivity index (χ1) is 10.8. The summed E-state index contributed by atoms with van der Waals surface area (Å²) >= 11 is 0.